The molecule has 136 valence electrons. The minimum Gasteiger partial charge on any atom is -0.465 e. The Labute approximate surface area is 152 Å². The van der Waals surface area contributed by atoms with E-state index < -0.39 is 5.97 Å². The molecule has 1 fully saturated rings. The maximum Gasteiger partial charge on any atom is 0.337 e. The van der Waals surface area contributed by atoms with Crippen LogP contribution in [0.1, 0.15) is 40.5 Å². The molecule has 0 aliphatic carbocycles. The van der Waals surface area contributed by atoms with Crippen molar-refractivity contribution in [2.24, 2.45) is 5.92 Å². The molecule has 1 N–H and O–H groups in total. The fourth-order valence-electron chi connectivity index (χ4n) is 2.98. The van der Waals surface area contributed by atoms with E-state index in [0.29, 0.717) is 28.7 Å². The predicted molar refractivity (Wildman–Crippen MR) is 98.4 cm³/mol. The molecule has 1 amide bonds. The van der Waals surface area contributed by atoms with Gasteiger partial charge in [-0.25, -0.2) is 14.8 Å². The SMILES string of the molecule is COC(=O)c1ccc(NC(=O)c2cnc(N3CCCC(C)C3)nc2)cc1. The minimum absolute atomic E-state index is 0.297. The number of hydrogen-bond acceptors (Lipinski definition) is 6. The van der Waals surface area contributed by atoms with E-state index in [9.17, 15) is 9.59 Å². The maximum absolute atomic E-state index is 12.3. The number of benzene rings is 1. The first-order chi connectivity index (χ1) is 12.6. The van der Waals surface area contributed by atoms with E-state index in [2.05, 4.69) is 31.8 Å². The highest BCUT2D eigenvalue weighted by Gasteiger charge is 2.19. The van der Waals surface area contributed by atoms with Crippen LogP contribution >= 0.6 is 0 Å². The van der Waals surface area contributed by atoms with Gasteiger partial charge in [0.25, 0.3) is 5.91 Å². The third-order valence-electron chi connectivity index (χ3n) is 4.40. The topological polar surface area (TPSA) is 84.4 Å². The van der Waals surface area contributed by atoms with Gasteiger partial charge in [-0.3, -0.25) is 4.79 Å². The number of nitrogens with zero attached hydrogens (tertiary/aromatic N) is 3. The van der Waals surface area contributed by atoms with Crippen molar-refractivity contribution in [3.8, 4) is 0 Å². The van der Waals surface area contributed by atoms with Crippen molar-refractivity contribution in [3.05, 3.63) is 47.8 Å². The van der Waals surface area contributed by atoms with Crippen molar-refractivity contribution in [1.29, 1.82) is 0 Å². The predicted octanol–water partition coefficient (Wildman–Crippen LogP) is 2.75. The Bertz CT molecular complexity index is 774. The highest BCUT2D eigenvalue weighted by atomic mass is 16.5. The monoisotopic (exact) mass is 354 g/mol. The first-order valence-electron chi connectivity index (χ1n) is 8.63. The molecule has 1 aromatic carbocycles. The molecule has 3 rings (SSSR count). The van der Waals surface area contributed by atoms with Gasteiger partial charge in [0.05, 0.1) is 18.2 Å². The highest BCUT2D eigenvalue weighted by molar-refractivity contribution is 6.04. The number of nitrogens with one attached hydrogen (secondary N) is 1. The number of methoxy groups -OCH3 is 1. The van der Waals surface area contributed by atoms with E-state index in [0.717, 1.165) is 19.5 Å². The molecular formula is C19H22N4O3. The van der Waals surface area contributed by atoms with Crippen LogP contribution < -0.4 is 10.2 Å². The Morgan fingerprint density at radius 2 is 1.85 bits per heavy atom. The third kappa shape index (κ3) is 4.17. The van der Waals surface area contributed by atoms with Crippen LogP contribution in [0.5, 0.6) is 0 Å². The summed E-state index contributed by atoms with van der Waals surface area (Å²) < 4.78 is 4.65. The molecule has 0 spiro atoms. The zero-order chi connectivity index (χ0) is 18.5. The molecule has 1 unspecified atom stereocenters. The number of amides is 1. The number of rotatable bonds is 4. The summed E-state index contributed by atoms with van der Waals surface area (Å²) in [5, 5.41) is 2.76. The van der Waals surface area contributed by atoms with Crippen LogP contribution in [0.3, 0.4) is 0 Å². The first-order valence-corrected chi connectivity index (χ1v) is 8.63. The lowest BCUT2D eigenvalue weighted by atomic mass is 10.0. The van der Waals surface area contributed by atoms with Gasteiger partial charge in [0.1, 0.15) is 0 Å². The van der Waals surface area contributed by atoms with Crippen molar-refractivity contribution >= 4 is 23.5 Å². The number of anilines is 2. The standard InChI is InChI=1S/C19H22N4O3/c1-13-4-3-9-23(12-13)19-20-10-15(11-21-19)17(24)22-16-7-5-14(6-8-16)18(25)26-2/h5-8,10-11,13H,3-4,9,12H2,1-2H3,(H,22,24). The van der Waals surface area contributed by atoms with Crippen molar-refractivity contribution in [3.63, 3.8) is 0 Å². The quantitative estimate of drug-likeness (QED) is 0.850. The van der Waals surface area contributed by atoms with Crippen molar-refractivity contribution in [2.45, 2.75) is 19.8 Å². The minimum atomic E-state index is -0.418. The molecule has 1 aromatic heterocycles. The molecule has 1 aliphatic heterocycles. The Morgan fingerprint density at radius 3 is 2.46 bits per heavy atom. The summed E-state index contributed by atoms with van der Waals surface area (Å²) in [5.74, 6) is 0.576. The van der Waals surface area contributed by atoms with Gasteiger partial charge in [-0.15, -0.1) is 0 Å². The van der Waals surface area contributed by atoms with Crippen molar-refractivity contribution in [1.82, 2.24) is 9.97 Å². The van der Waals surface area contributed by atoms with E-state index in [-0.39, 0.29) is 5.91 Å². The van der Waals surface area contributed by atoms with Gasteiger partial charge < -0.3 is 15.0 Å². The van der Waals surface area contributed by atoms with E-state index in [1.54, 1.807) is 36.7 Å². The molecule has 1 saturated heterocycles. The van der Waals surface area contributed by atoms with Gasteiger partial charge in [-0.2, -0.15) is 0 Å². The Kier molecular flexibility index (Phi) is 5.46. The van der Waals surface area contributed by atoms with E-state index >= 15 is 0 Å². The summed E-state index contributed by atoms with van der Waals surface area (Å²) in [6.45, 7) is 4.11. The average Bonchev–Trinajstić information content (AvgIpc) is 2.68. The summed E-state index contributed by atoms with van der Waals surface area (Å²) in [5.41, 5.74) is 1.39. The normalized spacial score (nSPS) is 16.8. The second kappa shape index (κ2) is 7.95. The lowest BCUT2D eigenvalue weighted by molar-refractivity contribution is 0.0600. The van der Waals surface area contributed by atoms with E-state index in [1.807, 2.05) is 0 Å². The number of esters is 1. The zero-order valence-corrected chi connectivity index (χ0v) is 14.9. The van der Waals surface area contributed by atoms with Crippen LogP contribution in [0.25, 0.3) is 0 Å². The molecule has 7 heteroatoms. The van der Waals surface area contributed by atoms with Crippen LogP contribution in [-0.2, 0) is 4.74 Å². The number of ether oxygens (including phenoxy) is 1. The maximum atomic E-state index is 12.3. The molecule has 0 radical (unpaired) electrons. The highest BCUT2D eigenvalue weighted by Crippen LogP contribution is 2.19. The van der Waals surface area contributed by atoms with Crippen LogP contribution in [0.2, 0.25) is 0 Å². The fraction of sp³-hybridized carbons (Fsp3) is 0.368. The molecular weight excluding hydrogens is 332 g/mol. The number of aromatic nitrogens is 2. The van der Waals surface area contributed by atoms with Gasteiger partial charge in [-0.05, 0) is 43.0 Å². The number of carbonyl (C=O) groups excluding carboxylic acids is 2. The van der Waals surface area contributed by atoms with Gasteiger partial charge in [0, 0.05) is 31.2 Å². The molecule has 2 aromatic rings. The summed E-state index contributed by atoms with van der Waals surface area (Å²) in [7, 11) is 1.33. The lowest BCUT2D eigenvalue weighted by Gasteiger charge is -2.30. The zero-order valence-electron chi connectivity index (χ0n) is 14.9. The number of carbonyl (C=O) groups is 2. The summed E-state index contributed by atoms with van der Waals surface area (Å²) in [4.78, 5) is 34.6. The fourth-order valence-corrected chi connectivity index (χ4v) is 2.98. The first kappa shape index (κ1) is 17.8. The lowest BCUT2D eigenvalue weighted by Crippen LogP contribution is -2.35. The molecule has 0 saturated carbocycles. The molecule has 2 heterocycles. The Balaban J connectivity index is 1.63. The Hall–Kier alpha value is -2.96. The molecule has 1 atom stereocenters. The molecule has 7 nitrogen and oxygen atoms in total. The largest absolute Gasteiger partial charge is 0.465 e. The second-order valence-corrected chi connectivity index (χ2v) is 6.49. The third-order valence-corrected chi connectivity index (χ3v) is 4.40. The van der Waals surface area contributed by atoms with Gasteiger partial charge in [0.15, 0.2) is 0 Å². The van der Waals surface area contributed by atoms with Crippen LogP contribution in [-0.4, -0.2) is 42.0 Å². The van der Waals surface area contributed by atoms with Crippen LogP contribution in [0.15, 0.2) is 36.7 Å². The summed E-state index contributed by atoms with van der Waals surface area (Å²) in [6.07, 6.45) is 5.44. The summed E-state index contributed by atoms with van der Waals surface area (Å²) in [6, 6.07) is 6.49. The number of piperidine rings is 1. The number of hydrogen-bond donors (Lipinski definition) is 1. The van der Waals surface area contributed by atoms with E-state index in [4.69, 9.17) is 0 Å². The van der Waals surface area contributed by atoms with Crippen molar-refractivity contribution in [2.75, 3.05) is 30.4 Å². The van der Waals surface area contributed by atoms with E-state index in [1.165, 1.54) is 13.5 Å². The molecule has 1 aliphatic rings. The van der Waals surface area contributed by atoms with Gasteiger partial charge >= 0.3 is 5.97 Å². The summed E-state index contributed by atoms with van der Waals surface area (Å²) >= 11 is 0. The smallest absolute Gasteiger partial charge is 0.337 e. The van der Waals surface area contributed by atoms with Crippen molar-refractivity contribution < 1.29 is 14.3 Å². The van der Waals surface area contributed by atoms with Gasteiger partial charge in [-0.1, -0.05) is 6.92 Å². The van der Waals surface area contributed by atoms with Crippen LogP contribution in [0, 0.1) is 5.92 Å². The molecule has 0 bridgehead atoms. The second-order valence-electron chi connectivity index (χ2n) is 6.49. The average molecular weight is 354 g/mol. The van der Waals surface area contributed by atoms with Gasteiger partial charge in [0.2, 0.25) is 5.95 Å². The van der Waals surface area contributed by atoms with Crippen LogP contribution in [0.4, 0.5) is 11.6 Å². The Morgan fingerprint density at radius 1 is 1.15 bits per heavy atom. The molecule has 26 heavy (non-hydrogen) atoms.